The van der Waals surface area contributed by atoms with Gasteiger partial charge in [0.15, 0.2) is 10.8 Å². The second-order valence-corrected chi connectivity index (χ2v) is 15.2. The van der Waals surface area contributed by atoms with Gasteiger partial charge in [0.2, 0.25) is 0 Å². The fourth-order valence-corrected chi connectivity index (χ4v) is 8.79. The molecule has 0 aromatic carbocycles. The second-order valence-electron chi connectivity index (χ2n) is 15.2. The fourth-order valence-electron chi connectivity index (χ4n) is 8.79. The summed E-state index contributed by atoms with van der Waals surface area (Å²) < 4.78 is 297. The Balaban J connectivity index is 2.04. The number of hydrogen-bond acceptors (Lipinski definition) is 3. The van der Waals surface area contributed by atoms with Gasteiger partial charge in [-0.3, -0.25) is 4.79 Å². The minimum absolute atomic E-state index is 0.192. The van der Waals surface area contributed by atoms with Crippen molar-refractivity contribution in [3.05, 3.63) is 0 Å². The standard InChI is InChI=1S/C30H33F21O3/c1-12-13-8-14(10-21(3,25(34,35)36)26(37,38)39)17(9-13)18(12)11-20(2,24(31,32)33)19(52)54-23(29(46,47)48,30(49,50)51)16-6-4-15(5-7-16)22(53,27(40,41)42)28(43,44)45/h12-18,53H,4-11H2,1-3H3. The molecule has 1 N–H and O–H groups in total. The van der Waals surface area contributed by atoms with Crippen molar-refractivity contribution in [3.8, 4) is 0 Å². The predicted molar refractivity (Wildman–Crippen MR) is 139 cm³/mol. The van der Waals surface area contributed by atoms with Crippen LogP contribution in [0.1, 0.15) is 72.1 Å². The molecule has 0 spiro atoms. The molecule has 6 unspecified atom stereocenters. The van der Waals surface area contributed by atoms with Crippen molar-refractivity contribution < 1.29 is 107 Å². The number of carbonyl (C=O) groups excluding carboxylic acids is 1. The largest absolute Gasteiger partial charge is 0.438 e. The molecular formula is C30H33F21O3. The summed E-state index contributed by atoms with van der Waals surface area (Å²) in [4.78, 5) is 13.2. The molecule has 3 aliphatic carbocycles. The molecule has 0 heterocycles. The quantitative estimate of drug-likeness (QED) is 0.196. The molecule has 0 radical (unpaired) electrons. The van der Waals surface area contributed by atoms with Crippen molar-refractivity contribution >= 4 is 5.97 Å². The minimum atomic E-state index is -6.93. The van der Waals surface area contributed by atoms with Gasteiger partial charge in [0, 0.05) is 11.8 Å². The van der Waals surface area contributed by atoms with Gasteiger partial charge in [-0.15, -0.1) is 0 Å². The van der Waals surface area contributed by atoms with Crippen molar-refractivity contribution in [1.82, 2.24) is 0 Å². The number of carbonyl (C=O) groups is 1. The van der Waals surface area contributed by atoms with Crippen LogP contribution in [-0.4, -0.2) is 65.5 Å². The number of esters is 1. The van der Waals surface area contributed by atoms with E-state index in [1.165, 1.54) is 6.92 Å². The van der Waals surface area contributed by atoms with Gasteiger partial charge in [-0.05, 0) is 94.8 Å². The van der Waals surface area contributed by atoms with Crippen LogP contribution in [0.15, 0.2) is 0 Å². The molecule has 54 heavy (non-hydrogen) atoms. The van der Waals surface area contributed by atoms with E-state index in [0.717, 1.165) is 0 Å². The maximum Gasteiger partial charge on any atom is 0.437 e. The maximum absolute atomic E-state index is 14.7. The van der Waals surface area contributed by atoms with Crippen LogP contribution in [0.5, 0.6) is 0 Å². The summed E-state index contributed by atoms with van der Waals surface area (Å²) >= 11 is 0. The van der Waals surface area contributed by atoms with E-state index in [0.29, 0.717) is 0 Å². The number of alkyl halides is 21. The Bertz CT molecular complexity index is 1300. The third-order valence-corrected chi connectivity index (χ3v) is 12.2. The molecule has 0 amide bonds. The van der Waals surface area contributed by atoms with Gasteiger partial charge in [0.05, 0.1) is 0 Å². The summed E-state index contributed by atoms with van der Waals surface area (Å²) in [6.07, 6.45) is -56.7. The number of hydrogen-bond donors (Lipinski definition) is 1. The Morgan fingerprint density at radius 3 is 1.31 bits per heavy atom. The highest BCUT2D eigenvalue weighted by Gasteiger charge is 2.80. The topological polar surface area (TPSA) is 46.5 Å². The van der Waals surface area contributed by atoms with Crippen molar-refractivity contribution in [3.63, 3.8) is 0 Å². The average Bonchev–Trinajstić information content (AvgIpc) is 3.48. The number of rotatable bonds is 8. The molecule has 3 aliphatic rings. The van der Waals surface area contributed by atoms with Gasteiger partial charge in [-0.2, -0.15) is 92.2 Å². The molecule has 3 rings (SSSR count). The van der Waals surface area contributed by atoms with E-state index in [1.54, 1.807) is 0 Å². The Hall–Kier alpha value is -2.04. The molecule has 3 fully saturated rings. The van der Waals surface area contributed by atoms with E-state index < -0.39 is 151 Å². The average molecular weight is 841 g/mol. The molecule has 3 saturated carbocycles. The molecule has 0 aromatic heterocycles. The van der Waals surface area contributed by atoms with Crippen molar-refractivity contribution in [2.45, 2.75) is 127 Å². The molecule has 6 atom stereocenters. The molecule has 24 heteroatoms. The zero-order valence-electron chi connectivity index (χ0n) is 27.9. The monoisotopic (exact) mass is 840 g/mol. The number of aliphatic hydroxyl groups is 1. The summed E-state index contributed by atoms with van der Waals surface area (Å²) in [5.41, 5.74) is -20.4. The van der Waals surface area contributed by atoms with Crippen LogP contribution in [0.3, 0.4) is 0 Å². The number of fused-ring (bicyclic) bond motifs is 2. The molecule has 318 valence electrons. The first-order valence-electron chi connectivity index (χ1n) is 16.1. The zero-order valence-corrected chi connectivity index (χ0v) is 27.9. The van der Waals surface area contributed by atoms with Crippen molar-refractivity contribution in [2.75, 3.05) is 0 Å². The van der Waals surface area contributed by atoms with E-state index >= 15 is 0 Å². The molecule has 0 saturated heterocycles. The second kappa shape index (κ2) is 13.5. The Morgan fingerprint density at radius 1 is 0.574 bits per heavy atom. The Kier molecular flexibility index (Phi) is 11.6. The van der Waals surface area contributed by atoms with E-state index in [-0.39, 0.29) is 26.7 Å². The minimum Gasteiger partial charge on any atom is -0.438 e. The lowest BCUT2D eigenvalue weighted by molar-refractivity contribution is -0.401. The van der Waals surface area contributed by atoms with Gasteiger partial charge in [0.1, 0.15) is 0 Å². The van der Waals surface area contributed by atoms with Crippen LogP contribution >= 0.6 is 0 Å². The SMILES string of the molecule is CC1C2CC(CC(C)(C(F)(F)F)C(F)(F)F)C(C2)C1CC(C)(C(=O)OC(C1CCC(C(O)(C(F)(F)F)C(F)(F)F)CC1)(C(F)(F)F)C(F)(F)F)C(F)(F)F. The molecule has 3 nitrogen and oxygen atoms in total. The van der Waals surface area contributed by atoms with Crippen molar-refractivity contribution in [1.29, 1.82) is 0 Å². The molecule has 2 bridgehead atoms. The van der Waals surface area contributed by atoms with Crippen LogP contribution in [0.2, 0.25) is 0 Å². The summed E-state index contributed by atoms with van der Waals surface area (Å²) in [7, 11) is 0. The van der Waals surface area contributed by atoms with Crippen LogP contribution in [0, 0.1) is 52.3 Å². The van der Waals surface area contributed by atoms with Gasteiger partial charge in [-0.1, -0.05) is 6.92 Å². The first kappa shape index (κ1) is 46.3. The lowest BCUT2D eigenvalue weighted by Gasteiger charge is -2.48. The van der Waals surface area contributed by atoms with Gasteiger partial charge >= 0.3 is 54.8 Å². The third kappa shape index (κ3) is 7.31. The summed E-state index contributed by atoms with van der Waals surface area (Å²) in [5, 5.41) is 9.61. The normalized spacial score (nSPS) is 29.7. The lowest BCUT2D eigenvalue weighted by atomic mass is 9.64. The smallest absolute Gasteiger partial charge is 0.437 e. The van der Waals surface area contributed by atoms with Crippen LogP contribution < -0.4 is 0 Å². The first-order valence-corrected chi connectivity index (χ1v) is 16.1. The lowest BCUT2D eigenvalue weighted by Crippen LogP contribution is -2.67. The van der Waals surface area contributed by atoms with Crippen LogP contribution in [0.4, 0.5) is 92.2 Å². The predicted octanol–water partition coefficient (Wildman–Crippen LogP) is 11.4. The number of ether oxygens (including phenoxy) is 1. The van der Waals surface area contributed by atoms with E-state index in [4.69, 9.17) is 0 Å². The van der Waals surface area contributed by atoms with Gasteiger partial charge < -0.3 is 9.84 Å². The summed E-state index contributed by atoms with van der Waals surface area (Å²) in [5.74, 6) is -16.4. The Morgan fingerprint density at radius 2 is 0.981 bits per heavy atom. The van der Waals surface area contributed by atoms with Crippen molar-refractivity contribution in [2.24, 2.45) is 52.3 Å². The Labute approximate surface area is 292 Å². The molecule has 0 aliphatic heterocycles. The first-order chi connectivity index (χ1) is 23.7. The highest BCUT2D eigenvalue weighted by Crippen LogP contribution is 2.65. The summed E-state index contributed by atoms with van der Waals surface area (Å²) in [6, 6.07) is 0. The van der Waals surface area contributed by atoms with E-state index in [2.05, 4.69) is 4.74 Å². The van der Waals surface area contributed by atoms with Gasteiger partial charge in [-0.25, -0.2) is 0 Å². The van der Waals surface area contributed by atoms with Crippen LogP contribution in [0.25, 0.3) is 0 Å². The fraction of sp³-hybridized carbons (Fsp3) is 0.967. The van der Waals surface area contributed by atoms with E-state index in [1.807, 2.05) is 0 Å². The number of halogens is 21. The molecule has 0 aromatic rings. The highest BCUT2D eigenvalue weighted by molar-refractivity contribution is 5.78. The zero-order chi connectivity index (χ0) is 42.5. The molecular weight excluding hydrogens is 807 g/mol. The van der Waals surface area contributed by atoms with Gasteiger partial charge in [0.25, 0.3) is 5.60 Å². The maximum atomic E-state index is 14.7. The third-order valence-electron chi connectivity index (χ3n) is 12.2. The highest BCUT2D eigenvalue weighted by atomic mass is 19.4. The van der Waals surface area contributed by atoms with Crippen LogP contribution in [-0.2, 0) is 9.53 Å². The summed E-state index contributed by atoms with van der Waals surface area (Å²) in [6.45, 7) is 0.792. The van der Waals surface area contributed by atoms with E-state index in [9.17, 15) is 102 Å².